The molecule has 0 atom stereocenters. The maximum absolute atomic E-state index is 8.87. The minimum absolute atomic E-state index is 0.652. The number of hydrogen-bond acceptors (Lipinski definition) is 2. The molecule has 2 nitrogen and oxygen atoms in total. The van der Waals surface area contributed by atoms with Crippen molar-refractivity contribution in [3.05, 3.63) is 103 Å². The Morgan fingerprint density at radius 2 is 0.929 bits per heavy atom. The molecule has 134 valence electrons. The molecule has 0 radical (unpaired) electrons. The highest BCUT2D eigenvalue weighted by Crippen LogP contribution is 2.29. The largest absolute Gasteiger partial charge is 0.192 e. The Morgan fingerprint density at radius 3 is 1.25 bits per heavy atom. The number of benzene rings is 3. The predicted molar refractivity (Wildman–Crippen MR) is 122 cm³/mol. The van der Waals surface area contributed by atoms with Crippen molar-refractivity contribution in [1.29, 1.82) is 10.5 Å². The van der Waals surface area contributed by atoms with Crippen molar-refractivity contribution in [3.63, 3.8) is 0 Å². The molecule has 0 unspecified atom stereocenters. The molecule has 28 heavy (non-hydrogen) atoms. The molecule has 0 N–H and O–H groups in total. The van der Waals surface area contributed by atoms with E-state index < -0.39 is 0 Å². The molecule has 0 bridgehead atoms. The van der Waals surface area contributed by atoms with Crippen molar-refractivity contribution in [2.24, 2.45) is 0 Å². The van der Waals surface area contributed by atoms with E-state index in [0.717, 1.165) is 31.2 Å². The highest BCUT2D eigenvalue weighted by molar-refractivity contribution is 9.11. The van der Waals surface area contributed by atoms with E-state index in [1.54, 1.807) is 0 Å². The van der Waals surface area contributed by atoms with Crippen LogP contribution < -0.4 is 0 Å². The summed E-state index contributed by atoms with van der Waals surface area (Å²) < 4.78 is 1.97. The zero-order chi connectivity index (χ0) is 19.9. The lowest BCUT2D eigenvalue weighted by molar-refractivity contribution is 1.48. The summed E-state index contributed by atoms with van der Waals surface area (Å²) in [6, 6.07) is 23.3. The Labute approximate surface area is 181 Å². The topological polar surface area (TPSA) is 47.6 Å². The molecule has 0 aliphatic carbocycles. The molecule has 0 saturated carbocycles. The van der Waals surface area contributed by atoms with Crippen molar-refractivity contribution < 1.29 is 0 Å². The number of hydrogen-bond donors (Lipinski definition) is 0. The van der Waals surface area contributed by atoms with E-state index in [2.05, 4.69) is 56.1 Å². The fourth-order valence-corrected chi connectivity index (χ4v) is 3.53. The molecular weight excluding hydrogens is 476 g/mol. The van der Waals surface area contributed by atoms with Gasteiger partial charge in [-0.05, 0) is 58.7 Å². The van der Waals surface area contributed by atoms with Crippen molar-refractivity contribution in [3.8, 4) is 12.1 Å². The molecule has 0 spiro atoms. The second kappa shape index (κ2) is 9.33. The second-order valence-electron chi connectivity index (χ2n) is 6.03. The zero-order valence-electron chi connectivity index (χ0n) is 14.7. The van der Waals surface area contributed by atoms with Crippen LogP contribution in [0.2, 0.25) is 0 Å². The van der Waals surface area contributed by atoms with Gasteiger partial charge in [0.25, 0.3) is 0 Å². The van der Waals surface area contributed by atoms with E-state index in [1.165, 1.54) is 0 Å². The lowest BCUT2D eigenvalue weighted by Crippen LogP contribution is -1.83. The summed E-state index contributed by atoms with van der Waals surface area (Å²) in [5, 5.41) is 17.7. The van der Waals surface area contributed by atoms with Crippen LogP contribution in [0.25, 0.3) is 24.3 Å². The van der Waals surface area contributed by atoms with Crippen LogP contribution in [-0.4, -0.2) is 0 Å². The fraction of sp³-hybridized carbons (Fsp3) is 0. The SMILES string of the molecule is N#Cc1ccc(/C=C/c2cc(Br)c(/C=C/c3ccc(C#N)cc3)cc2Br)cc1. The van der Waals surface area contributed by atoms with Crippen LogP contribution in [0.15, 0.2) is 69.6 Å². The summed E-state index contributed by atoms with van der Waals surface area (Å²) in [4.78, 5) is 0. The van der Waals surface area contributed by atoms with Gasteiger partial charge in [0, 0.05) is 8.95 Å². The summed E-state index contributed by atoms with van der Waals surface area (Å²) in [5.41, 5.74) is 5.47. The second-order valence-corrected chi connectivity index (χ2v) is 7.74. The van der Waals surface area contributed by atoms with Crippen LogP contribution in [0.1, 0.15) is 33.4 Å². The Balaban J connectivity index is 1.79. The summed E-state index contributed by atoms with van der Waals surface area (Å²) in [6.07, 6.45) is 8.09. The third-order valence-corrected chi connectivity index (χ3v) is 5.48. The molecule has 0 saturated heterocycles. The van der Waals surface area contributed by atoms with Crippen molar-refractivity contribution in [2.45, 2.75) is 0 Å². The fourth-order valence-electron chi connectivity index (χ4n) is 2.54. The summed E-state index contributed by atoms with van der Waals surface area (Å²) in [7, 11) is 0. The van der Waals surface area contributed by atoms with Crippen LogP contribution in [0, 0.1) is 22.7 Å². The van der Waals surface area contributed by atoms with Gasteiger partial charge < -0.3 is 0 Å². The Hall–Kier alpha value is -2.92. The molecule has 4 heteroatoms. The Kier molecular flexibility index (Phi) is 6.61. The number of nitrogens with zero attached hydrogens (tertiary/aromatic N) is 2. The summed E-state index contributed by atoms with van der Waals surface area (Å²) >= 11 is 7.28. The molecule has 0 heterocycles. The van der Waals surface area contributed by atoms with Gasteiger partial charge in [-0.3, -0.25) is 0 Å². The summed E-state index contributed by atoms with van der Waals surface area (Å²) in [6.45, 7) is 0. The van der Waals surface area contributed by atoms with E-state index in [9.17, 15) is 0 Å². The molecule has 0 aromatic heterocycles. The van der Waals surface area contributed by atoms with Gasteiger partial charge in [0.2, 0.25) is 0 Å². The van der Waals surface area contributed by atoms with E-state index in [0.29, 0.717) is 11.1 Å². The first-order valence-corrected chi connectivity index (χ1v) is 10.0. The Morgan fingerprint density at radius 1 is 0.571 bits per heavy atom. The molecular formula is C24H14Br2N2. The highest BCUT2D eigenvalue weighted by atomic mass is 79.9. The molecule has 3 aromatic rings. The van der Waals surface area contributed by atoms with Gasteiger partial charge >= 0.3 is 0 Å². The van der Waals surface area contributed by atoms with Crippen molar-refractivity contribution in [2.75, 3.05) is 0 Å². The minimum Gasteiger partial charge on any atom is -0.192 e. The lowest BCUT2D eigenvalue weighted by atomic mass is 10.1. The first-order chi connectivity index (χ1) is 13.6. The zero-order valence-corrected chi connectivity index (χ0v) is 17.9. The number of rotatable bonds is 4. The molecule has 0 aliphatic heterocycles. The smallest absolute Gasteiger partial charge is 0.0991 e. The van der Waals surface area contributed by atoms with Gasteiger partial charge in [-0.2, -0.15) is 10.5 Å². The van der Waals surface area contributed by atoms with Crippen LogP contribution in [0.4, 0.5) is 0 Å². The highest BCUT2D eigenvalue weighted by Gasteiger charge is 2.03. The van der Waals surface area contributed by atoms with E-state index >= 15 is 0 Å². The van der Waals surface area contributed by atoms with Crippen molar-refractivity contribution in [1.82, 2.24) is 0 Å². The van der Waals surface area contributed by atoms with Gasteiger partial charge in [-0.15, -0.1) is 0 Å². The average Bonchev–Trinajstić information content (AvgIpc) is 2.73. The van der Waals surface area contributed by atoms with Gasteiger partial charge in [0.15, 0.2) is 0 Å². The molecule has 0 fully saturated rings. The quantitative estimate of drug-likeness (QED) is 0.361. The maximum Gasteiger partial charge on any atom is 0.0991 e. The van der Waals surface area contributed by atoms with Gasteiger partial charge in [-0.1, -0.05) is 80.4 Å². The van der Waals surface area contributed by atoms with E-state index in [1.807, 2.05) is 72.8 Å². The third-order valence-electron chi connectivity index (χ3n) is 4.11. The van der Waals surface area contributed by atoms with Crippen LogP contribution in [-0.2, 0) is 0 Å². The lowest BCUT2D eigenvalue weighted by Gasteiger charge is -2.05. The first-order valence-electron chi connectivity index (χ1n) is 8.44. The van der Waals surface area contributed by atoms with E-state index in [-0.39, 0.29) is 0 Å². The van der Waals surface area contributed by atoms with Crippen LogP contribution in [0.5, 0.6) is 0 Å². The normalized spacial score (nSPS) is 10.9. The number of nitriles is 2. The van der Waals surface area contributed by atoms with Crippen molar-refractivity contribution >= 4 is 56.2 Å². The predicted octanol–water partition coefficient (Wildman–Crippen LogP) is 7.30. The minimum atomic E-state index is 0.652. The third kappa shape index (κ3) is 5.08. The first kappa shape index (κ1) is 19.8. The van der Waals surface area contributed by atoms with Gasteiger partial charge in [-0.25, -0.2) is 0 Å². The molecule has 0 amide bonds. The maximum atomic E-state index is 8.87. The monoisotopic (exact) mass is 488 g/mol. The standard InChI is InChI=1S/C24H14Br2N2/c25-23-14-22(12-10-18-3-7-20(16-28)8-4-18)24(26)13-21(23)11-9-17-1-5-19(15-27)6-2-17/h1-14H/b11-9+,12-10+. The van der Waals surface area contributed by atoms with Gasteiger partial charge in [0.1, 0.15) is 0 Å². The molecule has 0 aliphatic rings. The Bertz CT molecular complexity index is 1030. The van der Waals surface area contributed by atoms with Crippen LogP contribution in [0.3, 0.4) is 0 Å². The number of halogens is 2. The van der Waals surface area contributed by atoms with E-state index in [4.69, 9.17) is 10.5 Å². The molecule has 3 aromatic carbocycles. The van der Waals surface area contributed by atoms with Crippen LogP contribution >= 0.6 is 31.9 Å². The molecule has 3 rings (SSSR count). The average molecular weight is 490 g/mol. The van der Waals surface area contributed by atoms with Gasteiger partial charge in [0.05, 0.1) is 23.3 Å². The summed E-state index contributed by atoms with van der Waals surface area (Å²) in [5.74, 6) is 0.